The molecular weight excluding hydrogens is 190 g/mol. The van der Waals surface area contributed by atoms with Crippen LogP contribution in [0.15, 0.2) is 0 Å². The summed E-state index contributed by atoms with van der Waals surface area (Å²) in [5.74, 6) is 1.42. The molecule has 0 spiro atoms. The van der Waals surface area contributed by atoms with Gasteiger partial charge in [-0.15, -0.1) is 0 Å². The molecule has 90 valence electrons. The number of methoxy groups -OCH3 is 1. The molecule has 0 aliphatic carbocycles. The van der Waals surface area contributed by atoms with Crippen LogP contribution in [0.5, 0.6) is 0 Å². The van der Waals surface area contributed by atoms with Gasteiger partial charge in [0, 0.05) is 33.0 Å². The van der Waals surface area contributed by atoms with E-state index in [-0.39, 0.29) is 0 Å². The highest BCUT2D eigenvalue weighted by Crippen LogP contribution is 2.23. The predicted octanol–water partition coefficient (Wildman–Crippen LogP) is 1.67. The van der Waals surface area contributed by atoms with Crippen molar-refractivity contribution in [2.45, 2.75) is 32.2 Å². The maximum absolute atomic E-state index is 5.39. The maximum atomic E-state index is 5.39. The first-order chi connectivity index (χ1) is 7.27. The third-order valence-electron chi connectivity index (χ3n) is 3.31. The van der Waals surface area contributed by atoms with E-state index < -0.39 is 0 Å². The molecule has 1 N–H and O–H groups in total. The van der Waals surface area contributed by atoms with Gasteiger partial charge in [0.1, 0.15) is 0 Å². The molecule has 0 saturated carbocycles. The summed E-state index contributed by atoms with van der Waals surface area (Å²) in [4.78, 5) is 0. The van der Waals surface area contributed by atoms with Crippen molar-refractivity contribution in [2.24, 2.45) is 11.8 Å². The zero-order valence-corrected chi connectivity index (χ0v) is 10.3. The summed E-state index contributed by atoms with van der Waals surface area (Å²) in [6, 6.07) is 0.624. The quantitative estimate of drug-likeness (QED) is 0.731. The normalized spacial score (nSPS) is 22.6. The van der Waals surface area contributed by atoms with E-state index in [2.05, 4.69) is 19.3 Å². The lowest BCUT2D eigenvalue weighted by Crippen LogP contribution is -2.38. The van der Waals surface area contributed by atoms with Crippen molar-refractivity contribution in [3.05, 3.63) is 0 Å². The van der Waals surface area contributed by atoms with Crippen LogP contribution in [0.3, 0.4) is 0 Å². The van der Waals surface area contributed by atoms with Crippen LogP contribution in [0.4, 0.5) is 0 Å². The lowest BCUT2D eigenvalue weighted by atomic mass is 9.86. The highest BCUT2D eigenvalue weighted by Gasteiger charge is 2.24. The van der Waals surface area contributed by atoms with E-state index in [0.29, 0.717) is 12.0 Å². The second-order valence-electron chi connectivity index (χ2n) is 4.64. The van der Waals surface area contributed by atoms with E-state index >= 15 is 0 Å². The van der Waals surface area contributed by atoms with Crippen molar-refractivity contribution >= 4 is 0 Å². The highest BCUT2D eigenvalue weighted by molar-refractivity contribution is 4.79. The molecule has 0 bridgehead atoms. The van der Waals surface area contributed by atoms with Crippen LogP contribution in [0.2, 0.25) is 0 Å². The number of ether oxygens (including phenoxy) is 2. The Morgan fingerprint density at radius 2 is 2.07 bits per heavy atom. The molecule has 1 aliphatic heterocycles. The molecule has 1 aliphatic rings. The average Bonchev–Trinajstić information content (AvgIpc) is 2.27. The minimum absolute atomic E-state index is 0.624. The van der Waals surface area contributed by atoms with E-state index in [0.717, 1.165) is 25.7 Å². The van der Waals surface area contributed by atoms with E-state index in [9.17, 15) is 0 Å². The van der Waals surface area contributed by atoms with Crippen LogP contribution in [0, 0.1) is 11.8 Å². The van der Waals surface area contributed by atoms with Crippen molar-refractivity contribution in [1.82, 2.24) is 5.32 Å². The monoisotopic (exact) mass is 215 g/mol. The zero-order chi connectivity index (χ0) is 11.1. The van der Waals surface area contributed by atoms with Crippen molar-refractivity contribution < 1.29 is 9.47 Å². The average molecular weight is 215 g/mol. The first kappa shape index (κ1) is 12.9. The zero-order valence-electron chi connectivity index (χ0n) is 10.3. The molecule has 0 aromatic heterocycles. The molecule has 1 heterocycles. The first-order valence-corrected chi connectivity index (χ1v) is 6.01. The van der Waals surface area contributed by atoms with Gasteiger partial charge in [0.15, 0.2) is 0 Å². The number of hydrogen-bond donors (Lipinski definition) is 1. The molecule has 2 unspecified atom stereocenters. The van der Waals surface area contributed by atoms with E-state index in [4.69, 9.17) is 9.47 Å². The summed E-state index contributed by atoms with van der Waals surface area (Å²) >= 11 is 0. The summed E-state index contributed by atoms with van der Waals surface area (Å²) < 4.78 is 10.6. The fourth-order valence-electron chi connectivity index (χ4n) is 2.45. The van der Waals surface area contributed by atoms with Gasteiger partial charge in [0.2, 0.25) is 0 Å². The Morgan fingerprint density at radius 3 is 2.60 bits per heavy atom. The Morgan fingerprint density at radius 1 is 1.40 bits per heavy atom. The minimum Gasteiger partial charge on any atom is -0.384 e. The van der Waals surface area contributed by atoms with Gasteiger partial charge in [-0.1, -0.05) is 6.92 Å². The fraction of sp³-hybridized carbons (Fsp3) is 1.00. The number of nitrogens with one attached hydrogen (secondary N) is 1. The van der Waals surface area contributed by atoms with E-state index in [1.807, 2.05) is 0 Å². The third kappa shape index (κ3) is 4.49. The standard InChI is InChI=1S/C12H25NO2/c1-10(9-14-3)8-12(13-2)11-4-6-15-7-5-11/h10-13H,4-9H2,1-3H3. The molecular formula is C12H25NO2. The van der Waals surface area contributed by atoms with Gasteiger partial charge in [-0.25, -0.2) is 0 Å². The lowest BCUT2D eigenvalue weighted by Gasteiger charge is -2.31. The second-order valence-corrected chi connectivity index (χ2v) is 4.64. The van der Waals surface area contributed by atoms with Crippen molar-refractivity contribution in [1.29, 1.82) is 0 Å². The van der Waals surface area contributed by atoms with Crippen LogP contribution in [0.25, 0.3) is 0 Å². The summed E-state index contributed by atoms with van der Waals surface area (Å²) in [6.45, 7) is 4.98. The summed E-state index contributed by atoms with van der Waals surface area (Å²) in [5.41, 5.74) is 0. The van der Waals surface area contributed by atoms with Crippen LogP contribution in [0.1, 0.15) is 26.2 Å². The summed E-state index contributed by atoms with van der Waals surface area (Å²) in [5, 5.41) is 3.45. The summed E-state index contributed by atoms with van der Waals surface area (Å²) in [7, 11) is 3.85. The maximum Gasteiger partial charge on any atom is 0.0488 e. The van der Waals surface area contributed by atoms with Crippen molar-refractivity contribution in [2.75, 3.05) is 34.0 Å². The van der Waals surface area contributed by atoms with E-state index in [1.165, 1.54) is 19.3 Å². The molecule has 0 amide bonds. The second kappa shape index (κ2) is 7.20. The first-order valence-electron chi connectivity index (χ1n) is 6.01. The molecule has 1 saturated heterocycles. The Balaban J connectivity index is 2.32. The van der Waals surface area contributed by atoms with Crippen LogP contribution >= 0.6 is 0 Å². The van der Waals surface area contributed by atoms with Gasteiger partial charge in [-0.2, -0.15) is 0 Å². The fourth-order valence-corrected chi connectivity index (χ4v) is 2.45. The molecule has 1 rings (SSSR count). The Labute approximate surface area is 93.5 Å². The summed E-state index contributed by atoms with van der Waals surface area (Å²) in [6.07, 6.45) is 3.60. The van der Waals surface area contributed by atoms with Gasteiger partial charge >= 0.3 is 0 Å². The smallest absolute Gasteiger partial charge is 0.0488 e. The molecule has 3 nitrogen and oxygen atoms in total. The molecule has 2 atom stereocenters. The van der Waals surface area contributed by atoms with Crippen molar-refractivity contribution in [3.63, 3.8) is 0 Å². The van der Waals surface area contributed by atoms with Gasteiger partial charge in [0.05, 0.1) is 0 Å². The lowest BCUT2D eigenvalue weighted by molar-refractivity contribution is 0.0486. The SMILES string of the molecule is CNC(CC(C)COC)C1CCOCC1. The molecule has 0 aromatic rings. The van der Waals surface area contributed by atoms with Gasteiger partial charge in [-0.3, -0.25) is 0 Å². The van der Waals surface area contributed by atoms with E-state index in [1.54, 1.807) is 7.11 Å². The van der Waals surface area contributed by atoms with Gasteiger partial charge in [0.25, 0.3) is 0 Å². The Hall–Kier alpha value is -0.120. The Bertz CT molecular complexity index is 158. The number of hydrogen-bond acceptors (Lipinski definition) is 3. The Kier molecular flexibility index (Phi) is 6.22. The van der Waals surface area contributed by atoms with Crippen LogP contribution in [-0.2, 0) is 9.47 Å². The molecule has 3 heteroatoms. The predicted molar refractivity (Wildman–Crippen MR) is 62.0 cm³/mol. The molecule has 1 fully saturated rings. The van der Waals surface area contributed by atoms with Crippen LogP contribution < -0.4 is 5.32 Å². The van der Waals surface area contributed by atoms with Gasteiger partial charge in [-0.05, 0) is 38.1 Å². The molecule has 0 radical (unpaired) electrons. The highest BCUT2D eigenvalue weighted by atomic mass is 16.5. The topological polar surface area (TPSA) is 30.5 Å². The number of rotatable bonds is 6. The van der Waals surface area contributed by atoms with Crippen molar-refractivity contribution in [3.8, 4) is 0 Å². The minimum atomic E-state index is 0.624. The molecule has 15 heavy (non-hydrogen) atoms. The molecule has 0 aromatic carbocycles. The van der Waals surface area contributed by atoms with Crippen LogP contribution in [-0.4, -0.2) is 40.0 Å². The largest absolute Gasteiger partial charge is 0.384 e. The van der Waals surface area contributed by atoms with Gasteiger partial charge < -0.3 is 14.8 Å². The third-order valence-corrected chi connectivity index (χ3v) is 3.31.